The molecule has 1 unspecified atom stereocenters. The highest BCUT2D eigenvalue weighted by molar-refractivity contribution is 5.77. The second-order valence-corrected chi connectivity index (χ2v) is 6.95. The van der Waals surface area contributed by atoms with Crippen molar-refractivity contribution in [2.45, 2.75) is 51.2 Å². The normalized spacial score (nSPS) is 23.6. The molecule has 0 spiro atoms. The molecule has 2 fully saturated rings. The Morgan fingerprint density at radius 2 is 2.08 bits per heavy atom. The lowest BCUT2D eigenvalue weighted by molar-refractivity contribution is -0.142. The Labute approximate surface area is 144 Å². The van der Waals surface area contributed by atoms with Gasteiger partial charge in [0.15, 0.2) is 0 Å². The lowest BCUT2D eigenvalue weighted by Crippen LogP contribution is -2.51. The first-order valence-corrected chi connectivity index (χ1v) is 9.29. The molecule has 6 heteroatoms. The molecule has 0 radical (unpaired) electrons. The lowest BCUT2D eigenvalue weighted by Gasteiger charge is -2.40. The quantitative estimate of drug-likeness (QED) is 0.826. The van der Waals surface area contributed by atoms with Gasteiger partial charge < -0.3 is 14.2 Å². The van der Waals surface area contributed by atoms with Gasteiger partial charge in [-0.3, -0.25) is 9.69 Å². The predicted molar refractivity (Wildman–Crippen MR) is 92.6 cm³/mol. The van der Waals surface area contributed by atoms with Gasteiger partial charge in [0, 0.05) is 39.1 Å². The summed E-state index contributed by atoms with van der Waals surface area (Å²) in [5.41, 5.74) is 0. The Bertz CT molecular complexity index is 539. The first-order valence-electron chi connectivity index (χ1n) is 9.29. The van der Waals surface area contributed by atoms with Gasteiger partial charge >= 0.3 is 0 Å². The van der Waals surface area contributed by atoms with E-state index in [9.17, 15) is 4.79 Å². The van der Waals surface area contributed by atoms with Gasteiger partial charge in [0.05, 0.1) is 12.1 Å². The van der Waals surface area contributed by atoms with Crippen molar-refractivity contribution in [3.05, 3.63) is 18.2 Å². The predicted octanol–water partition coefficient (Wildman–Crippen LogP) is 1.97. The van der Waals surface area contributed by atoms with Crippen molar-refractivity contribution in [2.24, 2.45) is 7.05 Å². The number of aromatic nitrogens is 2. The van der Waals surface area contributed by atoms with Crippen LogP contribution >= 0.6 is 0 Å². The highest BCUT2D eigenvalue weighted by Crippen LogP contribution is 2.24. The van der Waals surface area contributed by atoms with Crippen molar-refractivity contribution in [1.29, 1.82) is 0 Å². The van der Waals surface area contributed by atoms with Gasteiger partial charge in [-0.1, -0.05) is 26.2 Å². The molecule has 6 nitrogen and oxygen atoms in total. The van der Waals surface area contributed by atoms with E-state index in [-0.39, 0.29) is 24.7 Å². The summed E-state index contributed by atoms with van der Waals surface area (Å²) in [7, 11) is 2.02. The number of amides is 1. The molecule has 134 valence electrons. The van der Waals surface area contributed by atoms with Crippen LogP contribution in [0, 0.1) is 0 Å². The number of imidazole rings is 1. The Balaban J connectivity index is 1.57. The molecule has 1 aromatic heterocycles. The summed E-state index contributed by atoms with van der Waals surface area (Å²) in [6.07, 6.45) is 10.1. The Morgan fingerprint density at radius 1 is 1.29 bits per heavy atom. The monoisotopic (exact) mass is 334 g/mol. The van der Waals surface area contributed by atoms with Crippen LogP contribution in [-0.2, 0) is 16.6 Å². The zero-order chi connectivity index (χ0) is 16.9. The third-order valence-electron chi connectivity index (χ3n) is 5.40. The Kier molecular flexibility index (Phi) is 5.89. The van der Waals surface area contributed by atoms with Crippen LogP contribution in [0.3, 0.4) is 0 Å². The van der Waals surface area contributed by atoms with E-state index in [2.05, 4.69) is 21.4 Å². The highest BCUT2D eigenvalue weighted by Gasteiger charge is 2.32. The van der Waals surface area contributed by atoms with Crippen LogP contribution < -0.4 is 0 Å². The van der Waals surface area contributed by atoms with E-state index in [0.717, 1.165) is 38.3 Å². The second-order valence-electron chi connectivity index (χ2n) is 6.95. The summed E-state index contributed by atoms with van der Waals surface area (Å²) in [5.74, 6) is 1.15. The molecule has 24 heavy (non-hydrogen) atoms. The van der Waals surface area contributed by atoms with Crippen LogP contribution in [0.2, 0.25) is 0 Å². The second kappa shape index (κ2) is 8.12. The van der Waals surface area contributed by atoms with Crippen LogP contribution in [0.1, 0.15) is 50.9 Å². The highest BCUT2D eigenvalue weighted by atomic mass is 16.5. The minimum absolute atomic E-state index is 0.121. The largest absolute Gasteiger partial charge is 0.368 e. The minimum Gasteiger partial charge on any atom is -0.368 e. The van der Waals surface area contributed by atoms with Crippen molar-refractivity contribution in [3.63, 3.8) is 0 Å². The molecule has 2 heterocycles. The van der Waals surface area contributed by atoms with Gasteiger partial charge in [-0.05, 0) is 19.4 Å². The lowest BCUT2D eigenvalue weighted by atomic mass is 9.98. The van der Waals surface area contributed by atoms with Crippen molar-refractivity contribution in [2.75, 3.05) is 32.8 Å². The molecule has 1 amide bonds. The number of nitrogens with zero attached hydrogens (tertiary/aromatic N) is 4. The molecule has 1 aromatic rings. The molecule has 3 rings (SSSR count). The van der Waals surface area contributed by atoms with Crippen molar-refractivity contribution in [3.8, 4) is 0 Å². The van der Waals surface area contributed by atoms with Crippen LogP contribution in [0.25, 0.3) is 0 Å². The number of carbonyl (C=O) groups is 1. The molecular formula is C18H30N4O2. The molecule has 1 atom stereocenters. The standard InChI is InChI=1S/C18H30N4O2/c1-3-21-11-12-22(13-16(21)18-19-9-10-20(18)2)17(23)14-24-15-7-5-4-6-8-15/h9-10,15-16H,3-8,11-14H2,1-2H3. The third-order valence-corrected chi connectivity index (χ3v) is 5.40. The van der Waals surface area contributed by atoms with Gasteiger partial charge in [0.2, 0.25) is 5.91 Å². The number of rotatable bonds is 5. The maximum absolute atomic E-state index is 12.6. The van der Waals surface area contributed by atoms with Crippen LogP contribution in [0.4, 0.5) is 0 Å². The average Bonchev–Trinajstić information content (AvgIpc) is 3.05. The zero-order valence-corrected chi connectivity index (χ0v) is 15.0. The molecule has 0 aromatic carbocycles. The first kappa shape index (κ1) is 17.4. The Morgan fingerprint density at radius 3 is 2.75 bits per heavy atom. The smallest absolute Gasteiger partial charge is 0.248 e. The summed E-state index contributed by atoms with van der Waals surface area (Å²) in [5, 5.41) is 0. The van der Waals surface area contributed by atoms with Crippen molar-refractivity contribution >= 4 is 5.91 Å². The van der Waals surface area contributed by atoms with Gasteiger partial charge in [-0.25, -0.2) is 4.98 Å². The summed E-state index contributed by atoms with van der Waals surface area (Å²) in [6, 6.07) is 0.169. The van der Waals surface area contributed by atoms with E-state index in [4.69, 9.17) is 4.74 Å². The van der Waals surface area contributed by atoms with Gasteiger partial charge in [-0.15, -0.1) is 0 Å². The number of hydrogen-bond acceptors (Lipinski definition) is 4. The topological polar surface area (TPSA) is 50.6 Å². The molecule has 1 aliphatic carbocycles. The van der Waals surface area contributed by atoms with Crippen LogP contribution in [0.15, 0.2) is 12.4 Å². The maximum Gasteiger partial charge on any atom is 0.248 e. The molecule has 1 saturated heterocycles. The number of ether oxygens (including phenoxy) is 1. The number of likely N-dealkylation sites (N-methyl/N-ethyl adjacent to an activating group) is 1. The number of hydrogen-bond donors (Lipinski definition) is 0. The molecule has 1 saturated carbocycles. The number of piperazine rings is 1. The summed E-state index contributed by atoms with van der Waals surface area (Å²) in [4.78, 5) is 21.4. The van der Waals surface area contributed by atoms with E-state index >= 15 is 0 Å². The van der Waals surface area contributed by atoms with Crippen LogP contribution in [-0.4, -0.2) is 64.1 Å². The molecular weight excluding hydrogens is 304 g/mol. The molecule has 0 bridgehead atoms. The average molecular weight is 334 g/mol. The molecule has 2 aliphatic rings. The minimum atomic E-state index is 0.121. The fourth-order valence-corrected chi connectivity index (χ4v) is 3.88. The van der Waals surface area contributed by atoms with E-state index < -0.39 is 0 Å². The van der Waals surface area contributed by atoms with Gasteiger partial charge in [0.25, 0.3) is 0 Å². The van der Waals surface area contributed by atoms with Crippen molar-refractivity contribution < 1.29 is 9.53 Å². The zero-order valence-electron chi connectivity index (χ0n) is 15.0. The van der Waals surface area contributed by atoms with E-state index in [1.165, 1.54) is 19.3 Å². The Hall–Kier alpha value is -1.40. The summed E-state index contributed by atoms with van der Waals surface area (Å²) < 4.78 is 7.93. The van der Waals surface area contributed by atoms with E-state index in [0.29, 0.717) is 6.54 Å². The fourth-order valence-electron chi connectivity index (χ4n) is 3.88. The summed E-state index contributed by atoms with van der Waals surface area (Å²) in [6.45, 7) is 5.73. The van der Waals surface area contributed by atoms with Crippen molar-refractivity contribution in [1.82, 2.24) is 19.4 Å². The van der Waals surface area contributed by atoms with Gasteiger partial charge in [-0.2, -0.15) is 0 Å². The third kappa shape index (κ3) is 3.98. The first-order chi connectivity index (χ1) is 11.7. The molecule has 0 N–H and O–H groups in total. The van der Waals surface area contributed by atoms with E-state index in [1.54, 1.807) is 0 Å². The SMILES string of the molecule is CCN1CCN(C(=O)COC2CCCCC2)CC1c1nccn1C. The summed E-state index contributed by atoms with van der Waals surface area (Å²) >= 11 is 0. The van der Waals surface area contributed by atoms with Crippen LogP contribution in [0.5, 0.6) is 0 Å². The molecule has 1 aliphatic heterocycles. The number of carbonyl (C=O) groups excluding carboxylic acids is 1. The van der Waals surface area contributed by atoms with Gasteiger partial charge in [0.1, 0.15) is 12.4 Å². The van der Waals surface area contributed by atoms with E-state index in [1.807, 2.05) is 24.3 Å². The maximum atomic E-state index is 12.6. The fraction of sp³-hybridized carbons (Fsp3) is 0.778. The number of aryl methyl sites for hydroxylation is 1.